The fourth-order valence-electron chi connectivity index (χ4n) is 6.89. The first-order chi connectivity index (χ1) is 23.2. The van der Waals surface area contributed by atoms with E-state index in [0.29, 0.717) is 19.2 Å². The van der Waals surface area contributed by atoms with E-state index in [-0.39, 0.29) is 12.6 Å². The van der Waals surface area contributed by atoms with Crippen LogP contribution in [-0.4, -0.2) is 66.4 Å². The SMILES string of the molecule is CCCCCCCCC=CCCCCCCCC(=O)OCCN1CCN(CCO)C1CCCCCCCC=CCCCCCCCC. The number of β-amino-alcohol motifs (C(OH)–C–C–N with tert-alkyl or cyclic N) is 1. The summed E-state index contributed by atoms with van der Waals surface area (Å²) >= 11 is 0. The van der Waals surface area contributed by atoms with Crippen molar-refractivity contribution in [3.8, 4) is 0 Å². The summed E-state index contributed by atoms with van der Waals surface area (Å²) < 4.78 is 5.63. The number of rotatable bonds is 35. The lowest BCUT2D eigenvalue weighted by Crippen LogP contribution is -2.41. The highest BCUT2D eigenvalue weighted by molar-refractivity contribution is 5.69. The number of esters is 1. The normalized spacial score (nSPS) is 15.9. The number of unbranched alkanes of at least 4 members (excludes halogenated alkanes) is 22. The largest absolute Gasteiger partial charge is 0.464 e. The van der Waals surface area contributed by atoms with Gasteiger partial charge in [0, 0.05) is 32.6 Å². The van der Waals surface area contributed by atoms with Gasteiger partial charge in [0.1, 0.15) is 6.61 Å². The van der Waals surface area contributed by atoms with Gasteiger partial charge >= 0.3 is 5.97 Å². The van der Waals surface area contributed by atoms with Crippen molar-refractivity contribution < 1.29 is 14.6 Å². The molecule has 276 valence electrons. The molecular formula is C42H80N2O3. The highest BCUT2D eigenvalue weighted by Gasteiger charge is 2.30. The Morgan fingerprint density at radius 1 is 0.574 bits per heavy atom. The number of allylic oxidation sites excluding steroid dienone is 4. The maximum Gasteiger partial charge on any atom is 0.305 e. The summed E-state index contributed by atoms with van der Waals surface area (Å²) in [6.45, 7) is 8.79. The second kappa shape index (κ2) is 34.7. The zero-order chi connectivity index (χ0) is 33.9. The maximum atomic E-state index is 12.3. The van der Waals surface area contributed by atoms with E-state index in [2.05, 4.69) is 48.0 Å². The van der Waals surface area contributed by atoms with Gasteiger partial charge in [-0.05, 0) is 64.2 Å². The molecular weight excluding hydrogens is 580 g/mol. The molecule has 1 N–H and O–H groups in total. The zero-order valence-corrected chi connectivity index (χ0v) is 31.6. The minimum atomic E-state index is -0.0390. The first-order valence-electron chi connectivity index (χ1n) is 20.8. The summed E-state index contributed by atoms with van der Waals surface area (Å²) in [4.78, 5) is 17.2. The number of hydrogen-bond acceptors (Lipinski definition) is 5. The standard InChI is InChI=1S/C42H80N2O3/c1-3-5-7-9-11-13-15-17-19-21-23-25-27-29-31-33-41-43(37-39-45)35-36-44(41)38-40-47-42(46)34-32-30-28-26-24-22-20-18-16-14-12-10-8-6-4-2/h17-20,41,45H,3-16,21-40H2,1-2H3. The van der Waals surface area contributed by atoms with E-state index in [0.717, 1.165) is 45.4 Å². The summed E-state index contributed by atoms with van der Waals surface area (Å²) in [5, 5.41) is 9.58. The van der Waals surface area contributed by atoms with Crippen LogP contribution in [0, 0.1) is 0 Å². The molecule has 0 radical (unpaired) electrons. The van der Waals surface area contributed by atoms with Crippen LogP contribution in [0.15, 0.2) is 24.3 Å². The topological polar surface area (TPSA) is 53.0 Å². The Bertz CT molecular complexity index is 725. The van der Waals surface area contributed by atoms with E-state index in [1.54, 1.807) is 0 Å². The molecule has 47 heavy (non-hydrogen) atoms. The van der Waals surface area contributed by atoms with E-state index < -0.39 is 0 Å². The lowest BCUT2D eigenvalue weighted by atomic mass is 10.1. The molecule has 0 spiro atoms. The van der Waals surface area contributed by atoms with Crippen LogP contribution in [0.2, 0.25) is 0 Å². The maximum absolute atomic E-state index is 12.3. The molecule has 0 aromatic rings. The van der Waals surface area contributed by atoms with Crippen molar-refractivity contribution in [2.45, 2.75) is 200 Å². The van der Waals surface area contributed by atoms with Gasteiger partial charge < -0.3 is 9.84 Å². The average molecular weight is 661 g/mol. The quantitative estimate of drug-likeness (QED) is 0.0416. The molecule has 5 nitrogen and oxygen atoms in total. The lowest BCUT2D eigenvalue weighted by Gasteiger charge is -2.30. The van der Waals surface area contributed by atoms with Gasteiger partial charge in [-0.3, -0.25) is 14.6 Å². The van der Waals surface area contributed by atoms with Gasteiger partial charge in [0.25, 0.3) is 0 Å². The Balaban J connectivity index is 2.03. The Morgan fingerprint density at radius 3 is 1.45 bits per heavy atom. The molecule has 1 heterocycles. The third-order valence-corrected chi connectivity index (χ3v) is 9.91. The zero-order valence-electron chi connectivity index (χ0n) is 31.6. The summed E-state index contributed by atoms with van der Waals surface area (Å²) in [7, 11) is 0. The van der Waals surface area contributed by atoms with E-state index in [9.17, 15) is 9.90 Å². The molecule has 1 fully saturated rings. The number of ether oxygens (including phenoxy) is 1. The highest BCUT2D eigenvalue weighted by atomic mass is 16.5. The smallest absolute Gasteiger partial charge is 0.305 e. The van der Waals surface area contributed by atoms with Gasteiger partial charge in [0.2, 0.25) is 0 Å². The summed E-state index contributed by atoms with van der Waals surface area (Å²) in [5.74, 6) is -0.0390. The first-order valence-corrected chi connectivity index (χ1v) is 20.8. The molecule has 0 aromatic heterocycles. The monoisotopic (exact) mass is 661 g/mol. The van der Waals surface area contributed by atoms with Crippen LogP contribution in [0.25, 0.3) is 0 Å². The summed E-state index contributed by atoms with van der Waals surface area (Å²) in [6, 6.07) is 0. The van der Waals surface area contributed by atoms with Crippen molar-refractivity contribution >= 4 is 5.97 Å². The summed E-state index contributed by atoms with van der Waals surface area (Å²) in [6.07, 6.45) is 45.3. The predicted molar refractivity (Wildman–Crippen MR) is 204 cm³/mol. The number of nitrogens with zero attached hydrogens (tertiary/aromatic N) is 2. The molecule has 1 rings (SSSR count). The van der Waals surface area contributed by atoms with E-state index >= 15 is 0 Å². The molecule has 0 saturated carbocycles. The molecule has 0 amide bonds. The number of carbonyl (C=O) groups is 1. The predicted octanol–water partition coefficient (Wildman–Crippen LogP) is 11.5. The summed E-state index contributed by atoms with van der Waals surface area (Å²) in [5.41, 5.74) is 0. The molecule has 5 heteroatoms. The minimum Gasteiger partial charge on any atom is -0.464 e. The Hall–Kier alpha value is -1.17. The minimum absolute atomic E-state index is 0.0390. The third kappa shape index (κ3) is 27.4. The second-order valence-electron chi connectivity index (χ2n) is 14.2. The van der Waals surface area contributed by atoms with E-state index in [1.165, 1.54) is 154 Å². The molecule has 0 aliphatic carbocycles. The molecule has 1 atom stereocenters. The molecule has 1 aliphatic heterocycles. The first kappa shape index (κ1) is 43.9. The average Bonchev–Trinajstić information content (AvgIpc) is 3.45. The number of hydrogen-bond donors (Lipinski definition) is 1. The number of carbonyl (C=O) groups excluding carboxylic acids is 1. The van der Waals surface area contributed by atoms with Gasteiger partial charge in [-0.25, -0.2) is 0 Å². The van der Waals surface area contributed by atoms with Crippen LogP contribution < -0.4 is 0 Å². The van der Waals surface area contributed by atoms with Gasteiger partial charge in [-0.15, -0.1) is 0 Å². The van der Waals surface area contributed by atoms with Crippen LogP contribution in [-0.2, 0) is 9.53 Å². The van der Waals surface area contributed by atoms with E-state index in [1.807, 2.05) is 0 Å². The van der Waals surface area contributed by atoms with Crippen molar-refractivity contribution in [1.82, 2.24) is 9.80 Å². The molecule has 0 aromatic carbocycles. The lowest BCUT2D eigenvalue weighted by molar-refractivity contribution is -0.144. The fraction of sp³-hybridized carbons (Fsp3) is 0.881. The molecule has 1 aliphatic rings. The Kier molecular flexibility index (Phi) is 32.4. The van der Waals surface area contributed by atoms with Crippen LogP contribution in [0.4, 0.5) is 0 Å². The van der Waals surface area contributed by atoms with Crippen LogP contribution in [0.5, 0.6) is 0 Å². The van der Waals surface area contributed by atoms with Crippen LogP contribution in [0.1, 0.15) is 194 Å². The van der Waals surface area contributed by atoms with Crippen molar-refractivity contribution in [2.75, 3.05) is 39.4 Å². The molecule has 0 bridgehead atoms. The van der Waals surface area contributed by atoms with Gasteiger partial charge in [0.05, 0.1) is 12.8 Å². The Morgan fingerprint density at radius 2 is 0.979 bits per heavy atom. The van der Waals surface area contributed by atoms with Gasteiger partial charge in [-0.1, -0.05) is 147 Å². The second-order valence-corrected chi connectivity index (χ2v) is 14.2. The third-order valence-electron chi connectivity index (χ3n) is 9.91. The fourth-order valence-corrected chi connectivity index (χ4v) is 6.89. The highest BCUT2D eigenvalue weighted by Crippen LogP contribution is 2.21. The number of aliphatic hydroxyl groups is 1. The van der Waals surface area contributed by atoms with Crippen LogP contribution in [0.3, 0.4) is 0 Å². The van der Waals surface area contributed by atoms with Gasteiger partial charge in [-0.2, -0.15) is 0 Å². The van der Waals surface area contributed by atoms with Crippen molar-refractivity contribution in [1.29, 1.82) is 0 Å². The Labute approximate surface area is 293 Å². The molecule has 1 unspecified atom stereocenters. The van der Waals surface area contributed by atoms with Crippen molar-refractivity contribution in [3.63, 3.8) is 0 Å². The molecule has 1 saturated heterocycles. The van der Waals surface area contributed by atoms with Crippen molar-refractivity contribution in [3.05, 3.63) is 24.3 Å². The van der Waals surface area contributed by atoms with Crippen LogP contribution >= 0.6 is 0 Å². The van der Waals surface area contributed by atoms with E-state index in [4.69, 9.17) is 4.74 Å². The van der Waals surface area contributed by atoms with Gasteiger partial charge in [0.15, 0.2) is 0 Å². The van der Waals surface area contributed by atoms with Crippen molar-refractivity contribution in [2.24, 2.45) is 0 Å². The number of aliphatic hydroxyl groups excluding tert-OH is 1.